The highest BCUT2D eigenvalue weighted by Gasteiger charge is 2.31. The lowest BCUT2D eigenvalue weighted by molar-refractivity contribution is 0.111. The molecule has 0 unspecified atom stereocenters. The molecule has 0 radical (unpaired) electrons. The molecular formula is C10H20N2. The summed E-state index contributed by atoms with van der Waals surface area (Å²) in [5, 5.41) is 3.65. The van der Waals surface area contributed by atoms with E-state index in [1.165, 1.54) is 32.5 Å². The van der Waals surface area contributed by atoms with E-state index in [4.69, 9.17) is 0 Å². The molecule has 2 aliphatic rings. The van der Waals surface area contributed by atoms with Crippen LogP contribution in [0.3, 0.4) is 0 Å². The minimum atomic E-state index is 0.816. The second-order valence-electron chi connectivity index (χ2n) is 4.75. The van der Waals surface area contributed by atoms with Gasteiger partial charge in [0.2, 0.25) is 0 Å². The molecule has 2 heteroatoms. The van der Waals surface area contributed by atoms with E-state index in [-0.39, 0.29) is 0 Å². The van der Waals surface area contributed by atoms with Gasteiger partial charge in [0, 0.05) is 31.7 Å². The minimum absolute atomic E-state index is 0.816. The summed E-state index contributed by atoms with van der Waals surface area (Å²) in [6, 6.07) is 1.70. The van der Waals surface area contributed by atoms with Crippen LogP contribution in [0, 0.1) is 5.92 Å². The monoisotopic (exact) mass is 168 g/mol. The van der Waals surface area contributed by atoms with Crippen molar-refractivity contribution in [3.05, 3.63) is 0 Å². The summed E-state index contributed by atoms with van der Waals surface area (Å²) >= 11 is 0. The van der Waals surface area contributed by atoms with Gasteiger partial charge in [-0.2, -0.15) is 0 Å². The standard InChI is InChI=1S/C10H20N2/c1-8(2)5-12-6-10(7-12)11-9-3-4-9/h8-11H,3-7H2,1-2H3. The van der Waals surface area contributed by atoms with Crippen molar-refractivity contribution in [2.24, 2.45) is 5.92 Å². The van der Waals surface area contributed by atoms with Crippen LogP contribution in [-0.2, 0) is 0 Å². The van der Waals surface area contributed by atoms with Crippen molar-refractivity contribution >= 4 is 0 Å². The molecule has 2 fully saturated rings. The van der Waals surface area contributed by atoms with Gasteiger partial charge in [0.1, 0.15) is 0 Å². The molecule has 1 N–H and O–H groups in total. The van der Waals surface area contributed by atoms with E-state index in [1.807, 2.05) is 0 Å². The quantitative estimate of drug-likeness (QED) is 0.675. The van der Waals surface area contributed by atoms with Gasteiger partial charge in [-0.3, -0.25) is 4.90 Å². The molecule has 2 nitrogen and oxygen atoms in total. The van der Waals surface area contributed by atoms with Crippen molar-refractivity contribution < 1.29 is 0 Å². The van der Waals surface area contributed by atoms with Crippen LogP contribution in [0.25, 0.3) is 0 Å². The second kappa shape index (κ2) is 3.35. The largest absolute Gasteiger partial charge is 0.309 e. The Morgan fingerprint density at radius 1 is 1.25 bits per heavy atom. The maximum absolute atomic E-state index is 3.65. The Morgan fingerprint density at radius 3 is 2.42 bits per heavy atom. The molecule has 12 heavy (non-hydrogen) atoms. The van der Waals surface area contributed by atoms with E-state index in [0.29, 0.717) is 0 Å². The molecule has 2 rings (SSSR count). The van der Waals surface area contributed by atoms with E-state index in [2.05, 4.69) is 24.1 Å². The van der Waals surface area contributed by atoms with E-state index in [1.54, 1.807) is 0 Å². The molecule has 0 aromatic rings. The van der Waals surface area contributed by atoms with E-state index in [9.17, 15) is 0 Å². The van der Waals surface area contributed by atoms with Gasteiger partial charge in [0.05, 0.1) is 0 Å². The Kier molecular flexibility index (Phi) is 2.37. The summed E-state index contributed by atoms with van der Waals surface area (Å²) in [5.74, 6) is 0.826. The molecular weight excluding hydrogens is 148 g/mol. The van der Waals surface area contributed by atoms with E-state index in [0.717, 1.165) is 18.0 Å². The molecule has 0 bridgehead atoms. The number of rotatable bonds is 4. The summed E-state index contributed by atoms with van der Waals surface area (Å²) in [5.41, 5.74) is 0. The normalized spacial score (nSPS) is 26.2. The highest BCUT2D eigenvalue weighted by molar-refractivity contribution is 4.92. The Hall–Kier alpha value is -0.0800. The van der Waals surface area contributed by atoms with E-state index < -0.39 is 0 Å². The first-order valence-electron chi connectivity index (χ1n) is 5.22. The summed E-state index contributed by atoms with van der Waals surface area (Å²) in [4.78, 5) is 2.55. The number of nitrogens with one attached hydrogen (secondary N) is 1. The molecule has 0 amide bonds. The van der Waals surface area contributed by atoms with Crippen LogP contribution in [0.5, 0.6) is 0 Å². The summed E-state index contributed by atoms with van der Waals surface area (Å²) in [7, 11) is 0. The van der Waals surface area contributed by atoms with Crippen LogP contribution in [0.4, 0.5) is 0 Å². The smallest absolute Gasteiger partial charge is 0.0325 e. The molecule has 1 aliphatic heterocycles. The van der Waals surface area contributed by atoms with Crippen LogP contribution >= 0.6 is 0 Å². The number of nitrogens with zero attached hydrogens (tertiary/aromatic N) is 1. The Labute approximate surface area is 75.3 Å². The summed E-state index contributed by atoms with van der Waals surface area (Å²) < 4.78 is 0. The van der Waals surface area contributed by atoms with E-state index >= 15 is 0 Å². The van der Waals surface area contributed by atoms with Crippen LogP contribution in [0.1, 0.15) is 26.7 Å². The Bertz CT molecular complexity index is 138. The van der Waals surface area contributed by atoms with Gasteiger partial charge in [0.15, 0.2) is 0 Å². The summed E-state index contributed by atoms with van der Waals surface area (Å²) in [6.07, 6.45) is 2.83. The van der Waals surface area contributed by atoms with Gasteiger partial charge in [-0.25, -0.2) is 0 Å². The number of hydrogen-bond acceptors (Lipinski definition) is 2. The Morgan fingerprint density at radius 2 is 1.92 bits per heavy atom. The second-order valence-corrected chi connectivity index (χ2v) is 4.75. The summed E-state index contributed by atoms with van der Waals surface area (Å²) in [6.45, 7) is 8.44. The van der Waals surface area contributed by atoms with Crippen molar-refractivity contribution in [3.63, 3.8) is 0 Å². The molecule has 1 aliphatic carbocycles. The number of likely N-dealkylation sites (tertiary alicyclic amines) is 1. The van der Waals surface area contributed by atoms with Gasteiger partial charge in [-0.05, 0) is 18.8 Å². The lowest BCUT2D eigenvalue weighted by atomic mass is 10.1. The first-order chi connectivity index (χ1) is 5.74. The van der Waals surface area contributed by atoms with Crippen molar-refractivity contribution in [3.8, 4) is 0 Å². The van der Waals surface area contributed by atoms with Crippen LogP contribution in [0.2, 0.25) is 0 Å². The first kappa shape index (κ1) is 8.52. The lowest BCUT2D eigenvalue weighted by Gasteiger charge is -2.40. The van der Waals surface area contributed by atoms with Crippen molar-refractivity contribution in [2.45, 2.75) is 38.8 Å². The molecule has 0 aromatic heterocycles. The van der Waals surface area contributed by atoms with Crippen molar-refractivity contribution in [1.29, 1.82) is 0 Å². The molecule has 0 atom stereocenters. The highest BCUT2D eigenvalue weighted by Crippen LogP contribution is 2.21. The first-order valence-corrected chi connectivity index (χ1v) is 5.22. The fourth-order valence-corrected chi connectivity index (χ4v) is 1.92. The average molecular weight is 168 g/mol. The fraction of sp³-hybridized carbons (Fsp3) is 1.00. The average Bonchev–Trinajstić information content (AvgIpc) is 2.65. The van der Waals surface area contributed by atoms with Gasteiger partial charge in [-0.15, -0.1) is 0 Å². The SMILES string of the molecule is CC(C)CN1CC(NC2CC2)C1. The van der Waals surface area contributed by atoms with Crippen molar-refractivity contribution in [1.82, 2.24) is 10.2 Å². The zero-order valence-corrected chi connectivity index (χ0v) is 8.21. The van der Waals surface area contributed by atoms with Crippen LogP contribution in [-0.4, -0.2) is 36.6 Å². The predicted molar refractivity (Wildman–Crippen MR) is 51.2 cm³/mol. The van der Waals surface area contributed by atoms with Gasteiger partial charge >= 0.3 is 0 Å². The molecule has 1 saturated carbocycles. The third kappa shape index (κ3) is 2.20. The fourth-order valence-electron chi connectivity index (χ4n) is 1.92. The maximum atomic E-state index is 3.65. The molecule has 1 saturated heterocycles. The van der Waals surface area contributed by atoms with Crippen molar-refractivity contribution in [2.75, 3.05) is 19.6 Å². The predicted octanol–water partition coefficient (Wildman–Crippen LogP) is 1.08. The van der Waals surface area contributed by atoms with Crippen LogP contribution < -0.4 is 5.32 Å². The minimum Gasteiger partial charge on any atom is -0.309 e. The van der Waals surface area contributed by atoms with Crippen LogP contribution in [0.15, 0.2) is 0 Å². The van der Waals surface area contributed by atoms with Gasteiger partial charge in [0.25, 0.3) is 0 Å². The third-order valence-electron chi connectivity index (χ3n) is 2.63. The molecule has 0 aromatic carbocycles. The number of hydrogen-bond donors (Lipinski definition) is 1. The lowest BCUT2D eigenvalue weighted by Crippen LogP contribution is -2.59. The topological polar surface area (TPSA) is 15.3 Å². The molecule has 1 heterocycles. The third-order valence-corrected chi connectivity index (χ3v) is 2.63. The van der Waals surface area contributed by atoms with Gasteiger partial charge in [-0.1, -0.05) is 13.8 Å². The highest BCUT2D eigenvalue weighted by atomic mass is 15.3. The zero-order valence-electron chi connectivity index (χ0n) is 8.21. The molecule has 0 spiro atoms. The molecule has 70 valence electrons. The maximum Gasteiger partial charge on any atom is 0.0325 e. The zero-order chi connectivity index (χ0) is 8.55. The Balaban J connectivity index is 1.56. The van der Waals surface area contributed by atoms with Gasteiger partial charge < -0.3 is 5.32 Å².